The van der Waals surface area contributed by atoms with Crippen molar-refractivity contribution in [2.75, 3.05) is 5.32 Å². The number of carbonyl (C=O) groups excluding carboxylic acids is 2. The van der Waals surface area contributed by atoms with E-state index in [1.165, 1.54) is 13.0 Å². The molecule has 0 aliphatic heterocycles. The lowest BCUT2D eigenvalue weighted by Gasteiger charge is -2.13. The van der Waals surface area contributed by atoms with Crippen molar-refractivity contribution in [3.05, 3.63) is 65.7 Å². The number of halogens is 3. The maximum atomic E-state index is 13.6. The molecule has 0 radical (unpaired) electrons. The Morgan fingerprint density at radius 3 is 2.54 bits per heavy atom. The van der Waals surface area contributed by atoms with Crippen LogP contribution in [0.1, 0.15) is 17.5 Å². The predicted octanol–water partition coefficient (Wildman–Crippen LogP) is 4.03. The molecule has 3 aromatic rings. The molecule has 0 spiro atoms. The first kappa shape index (κ1) is 17.5. The molecule has 0 aliphatic carbocycles. The molecule has 1 heterocycles. The van der Waals surface area contributed by atoms with Gasteiger partial charge in [-0.2, -0.15) is 0 Å². The second-order valence-electron chi connectivity index (χ2n) is 5.41. The van der Waals surface area contributed by atoms with Gasteiger partial charge in [0.1, 0.15) is 5.58 Å². The average Bonchev–Trinajstić information content (AvgIpc) is 3.06. The molecule has 0 fully saturated rings. The number of benzene rings is 2. The van der Waals surface area contributed by atoms with Gasteiger partial charge in [0.15, 0.2) is 23.6 Å². The molecular weight excluding hydrogens is 351 g/mol. The SMILES string of the molecule is C[C@H](OC(=O)c1cc2ccccc2o1)C(=O)Nc1ccc(F)c(F)c1F. The summed E-state index contributed by atoms with van der Waals surface area (Å²) < 4.78 is 49.9. The third kappa shape index (κ3) is 3.39. The average molecular weight is 363 g/mol. The standard InChI is InChI=1S/C18H12F3NO4/c1-9(17(23)22-12-7-6-11(19)15(20)16(12)21)25-18(24)14-8-10-4-2-3-5-13(10)26-14/h2-9H,1H3,(H,22,23)/t9-/m0/s1. The lowest BCUT2D eigenvalue weighted by molar-refractivity contribution is -0.123. The summed E-state index contributed by atoms with van der Waals surface area (Å²) in [5.74, 6) is -6.56. The van der Waals surface area contributed by atoms with Gasteiger partial charge < -0.3 is 14.5 Å². The van der Waals surface area contributed by atoms with E-state index in [2.05, 4.69) is 0 Å². The number of carbonyl (C=O) groups is 2. The number of para-hydroxylation sites is 1. The molecular formula is C18H12F3NO4. The molecule has 134 valence electrons. The Bertz CT molecular complexity index is 966. The lowest BCUT2D eigenvalue weighted by atomic mass is 10.2. The van der Waals surface area contributed by atoms with E-state index < -0.39 is 41.1 Å². The number of esters is 1. The molecule has 1 amide bonds. The summed E-state index contributed by atoms with van der Waals surface area (Å²) in [7, 11) is 0. The van der Waals surface area contributed by atoms with E-state index in [9.17, 15) is 22.8 Å². The van der Waals surface area contributed by atoms with Crippen molar-refractivity contribution >= 4 is 28.5 Å². The van der Waals surface area contributed by atoms with E-state index in [0.717, 1.165) is 6.07 Å². The maximum Gasteiger partial charge on any atom is 0.375 e. The molecule has 0 unspecified atom stereocenters. The highest BCUT2D eigenvalue weighted by molar-refractivity contribution is 5.98. The van der Waals surface area contributed by atoms with Gasteiger partial charge in [-0.25, -0.2) is 18.0 Å². The highest BCUT2D eigenvalue weighted by Crippen LogP contribution is 2.21. The monoisotopic (exact) mass is 363 g/mol. The van der Waals surface area contributed by atoms with Gasteiger partial charge >= 0.3 is 5.97 Å². The second kappa shape index (κ2) is 6.91. The van der Waals surface area contributed by atoms with Crippen LogP contribution >= 0.6 is 0 Å². The van der Waals surface area contributed by atoms with E-state index in [-0.39, 0.29) is 5.76 Å². The maximum absolute atomic E-state index is 13.6. The van der Waals surface area contributed by atoms with Crippen molar-refractivity contribution in [3.63, 3.8) is 0 Å². The van der Waals surface area contributed by atoms with Gasteiger partial charge in [0.2, 0.25) is 5.76 Å². The number of furan rings is 1. The number of rotatable bonds is 4. The number of hydrogen-bond acceptors (Lipinski definition) is 4. The molecule has 0 saturated carbocycles. The fraction of sp³-hybridized carbons (Fsp3) is 0.111. The smallest absolute Gasteiger partial charge is 0.375 e. The summed E-state index contributed by atoms with van der Waals surface area (Å²) in [6, 6.07) is 9.87. The normalized spacial score (nSPS) is 12.0. The molecule has 1 atom stereocenters. The Morgan fingerprint density at radius 1 is 1.08 bits per heavy atom. The largest absolute Gasteiger partial charge is 0.449 e. The van der Waals surface area contributed by atoms with Crippen LogP contribution in [0.25, 0.3) is 11.0 Å². The highest BCUT2D eigenvalue weighted by atomic mass is 19.2. The Balaban J connectivity index is 1.69. The fourth-order valence-electron chi connectivity index (χ4n) is 2.21. The first-order chi connectivity index (χ1) is 12.4. The van der Waals surface area contributed by atoms with Crippen molar-refractivity contribution < 1.29 is 31.9 Å². The second-order valence-corrected chi connectivity index (χ2v) is 5.41. The van der Waals surface area contributed by atoms with Gasteiger partial charge in [-0.05, 0) is 31.2 Å². The molecule has 8 heteroatoms. The van der Waals surface area contributed by atoms with Crippen molar-refractivity contribution in [2.45, 2.75) is 13.0 Å². The van der Waals surface area contributed by atoms with Crippen molar-refractivity contribution in [1.29, 1.82) is 0 Å². The Hall–Kier alpha value is -3.29. The number of nitrogens with one attached hydrogen (secondary N) is 1. The van der Waals surface area contributed by atoms with E-state index in [4.69, 9.17) is 9.15 Å². The van der Waals surface area contributed by atoms with Crippen molar-refractivity contribution in [3.8, 4) is 0 Å². The molecule has 1 N–H and O–H groups in total. The van der Waals surface area contributed by atoms with Crippen molar-refractivity contribution in [1.82, 2.24) is 0 Å². The van der Waals surface area contributed by atoms with E-state index in [0.29, 0.717) is 17.0 Å². The van der Waals surface area contributed by atoms with Crippen LogP contribution in [-0.4, -0.2) is 18.0 Å². The van der Waals surface area contributed by atoms with E-state index in [1.54, 1.807) is 24.3 Å². The molecule has 0 saturated heterocycles. The van der Waals surface area contributed by atoms with Crippen LogP contribution in [0.4, 0.5) is 18.9 Å². The van der Waals surface area contributed by atoms with E-state index >= 15 is 0 Å². The molecule has 0 aliphatic rings. The molecule has 2 aromatic carbocycles. The molecule has 5 nitrogen and oxygen atoms in total. The van der Waals surface area contributed by atoms with Crippen molar-refractivity contribution in [2.24, 2.45) is 0 Å². The lowest BCUT2D eigenvalue weighted by Crippen LogP contribution is -2.30. The summed E-state index contributed by atoms with van der Waals surface area (Å²) in [6.07, 6.45) is -1.33. The number of anilines is 1. The van der Waals surface area contributed by atoms with Crippen LogP contribution in [-0.2, 0) is 9.53 Å². The minimum Gasteiger partial charge on any atom is -0.449 e. The summed E-state index contributed by atoms with van der Waals surface area (Å²) in [5.41, 5.74) is -0.0963. The zero-order valence-corrected chi connectivity index (χ0v) is 13.4. The fourth-order valence-corrected chi connectivity index (χ4v) is 2.21. The minimum absolute atomic E-state index is 0.107. The van der Waals surface area contributed by atoms with Crippen LogP contribution in [0.2, 0.25) is 0 Å². The summed E-state index contributed by atoms with van der Waals surface area (Å²) in [4.78, 5) is 24.1. The summed E-state index contributed by atoms with van der Waals surface area (Å²) in [6.45, 7) is 1.24. The van der Waals surface area contributed by atoms with Gasteiger partial charge in [0.25, 0.3) is 5.91 Å². The van der Waals surface area contributed by atoms with Crippen LogP contribution in [0, 0.1) is 17.5 Å². The molecule has 1 aromatic heterocycles. The summed E-state index contributed by atoms with van der Waals surface area (Å²) in [5, 5.41) is 2.71. The molecule has 0 bridgehead atoms. The highest BCUT2D eigenvalue weighted by Gasteiger charge is 2.23. The first-order valence-corrected chi connectivity index (χ1v) is 7.50. The van der Waals surface area contributed by atoms with Gasteiger partial charge in [-0.15, -0.1) is 0 Å². The van der Waals surface area contributed by atoms with Crippen LogP contribution in [0.15, 0.2) is 46.9 Å². The topological polar surface area (TPSA) is 68.5 Å². The Kier molecular flexibility index (Phi) is 4.66. The molecule has 26 heavy (non-hydrogen) atoms. The Morgan fingerprint density at radius 2 is 1.81 bits per heavy atom. The zero-order chi connectivity index (χ0) is 18.8. The van der Waals surface area contributed by atoms with E-state index in [1.807, 2.05) is 5.32 Å². The van der Waals surface area contributed by atoms with Gasteiger partial charge in [0.05, 0.1) is 5.69 Å². The summed E-state index contributed by atoms with van der Waals surface area (Å²) >= 11 is 0. The van der Waals surface area contributed by atoms with Crippen LogP contribution in [0.3, 0.4) is 0 Å². The third-order valence-electron chi connectivity index (χ3n) is 3.57. The minimum atomic E-state index is -1.71. The van der Waals surface area contributed by atoms with Gasteiger partial charge in [-0.1, -0.05) is 18.2 Å². The quantitative estimate of drug-likeness (QED) is 0.561. The predicted molar refractivity (Wildman–Crippen MR) is 86.0 cm³/mol. The molecule has 3 rings (SSSR count). The van der Waals surface area contributed by atoms with Gasteiger partial charge in [-0.3, -0.25) is 4.79 Å². The number of hydrogen-bond donors (Lipinski definition) is 1. The number of amides is 1. The van der Waals surface area contributed by atoms with Crippen LogP contribution < -0.4 is 5.32 Å². The Labute approximate surface area is 145 Å². The third-order valence-corrected chi connectivity index (χ3v) is 3.57. The first-order valence-electron chi connectivity index (χ1n) is 7.50. The number of fused-ring (bicyclic) bond motifs is 1. The van der Waals surface area contributed by atoms with Crippen LogP contribution in [0.5, 0.6) is 0 Å². The number of ether oxygens (including phenoxy) is 1. The van der Waals surface area contributed by atoms with Gasteiger partial charge in [0, 0.05) is 5.39 Å². The zero-order valence-electron chi connectivity index (χ0n) is 13.4.